The smallest absolute Gasteiger partial charge is 0.348 e. The molecule has 1 aromatic heterocycles. The quantitative estimate of drug-likeness (QED) is 0.932. The Kier molecular flexibility index (Phi) is 3.71. The van der Waals surface area contributed by atoms with Gasteiger partial charge in [0.1, 0.15) is 16.4 Å². The van der Waals surface area contributed by atoms with Crippen LogP contribution >= 0.6 is 11.3 Å². The molecule has 5 nitrogen and oxygen atoms in total. The molecule has 6 heteroatoms. The van der Waals surface area contributed by atoms with E-state index in [0.29, 0.717) is 27.8 Å². The number of aromatic nitrogens is 1. The Hall–Kier alpha value is -2.08. The molecule has 0 unspecified atom stereocenters. The van der Waals surface area contributed by atoms with Gasteiger partial charge in [0.2, 0.25) is 0 Å². The van der Waals surface area contributed by atoms with E-state index in [1.165, 1.54) is 7.11 Å². The minimum atomic E-state index is -0.995. The van der Waals surface area contributed by atoms with Gasteiger partial charge in [0.25, 0.3) is 0 Å². The van der Waals surface area contributed by atoms with Crippen molar-refractivity contribution in [1.29, 1.82) is 0 Å². The third kappa shape index (κ3) is 2.53. The number of methoxy groups -OCH3 is 2. The maximum Gasteiger partial charge on any atom is 0.348 e. The summed E-state index contributed by atoms with van der Waals surface area (Å²) in [5.41, 5.74) is 1.02. The first-order valence-electron chi connectivity index (χ1n) is 5.50. The summed E-state index contributed by atoms with van der Waals surface area (Å²) < 4.78 is 10.4. The van der Waals surface area contributed by atoms with Crippen molar-refractivity contribution < 1.29 is 19.4 Å². The molecular weight excluding hydrogens is 266 g/mol. The van der Waals surface area contributed by atoms with Crippen molar-refractivity contribution >= 4 is 17.3 Å². The zero-order valence-electron chi connectivity index (χ0n) is 10.8. The maximum atomic E-state index is 11.3. The summed E-state index contributed by atoms with van der Waals surface area (Å²) in [6, 6.07) is 5.20. The van der Waals surface area contributed by atoms with Crippen LogP contribution in [0.4, 0.5) is 0 Å². The van der Waals surface area contributed by atoms with Crippen LogP contribution in [0.25, 0.3) is 11.3 Å². The largest absolute Gasteiger partial charge is 0.497 e. The van der Waals surface area contributed by atoms with Gasteiger partial charge in [-0.05, 0) is 25.1 Å². The van der Waals surface area contributed by atoms with Crippen molar-refractivity contribution in [2.24, 2.45) is 0 Å². The van der Waals surface area contributed by atoms with Crippen LogP contribution in [0.1, 0.15) is 14.7 Å². The second kappa shape index (κ2) is 5.27. The molecule has 1 aromatic carbocycles. The number of carboxylic acids is 1. The molecule has 0 aliphatic carbocycles. The lowest BCUT2D eigenvalue weighted by Crippen LogP contribution is -1.97. The fourth-order valence-electron chi connectivity index (χ4n) is 1.75. The molecule has 0 aliphatic rings. The molecule has 2 aromatic rings. The summed E-state index contributed by atoms with van der Waals surface area (Å²) in [6.45, 7) is 1.77. The standard InChI is InChI=1S/C13H13NO4S/c1-7-14-11(12(19-7)13(15)16)9-6-8(17-2)4-5-10(9)18-3/h4-6H,1-3H3,(H,15,16). The van der Waals surface area contributed by atoms with Crippen LogP contribution in [-0.4, -0.2) is 30.3 Å². The van der Waals surface area contributed by atoms with Crippen LogP contribution < -0.4 is 9.47 Å². The highest BCUT2D eigenvalue weighted by Gasteiger charge is 2.20. The van der Waals surface area contributed by atoms with E-state index in [9.17, 15) is 9.90 Å². The first-order valence-corrected chi connectivity index (χ1v) is 6.31. The van der Waals surface area contributed by atoms with Crippen molar-refractivity contribution in [3.63, 3.8) is 0 Å². The summed E-state index contributed by atoms with van der Waals surface area (Å²) >= 11 is 1.14. The van der Waals surface area contributed by atoms with Gasteiger partial charge < -0.3 is 14.6 Å². The van der Waals surface area contributed by atoms with Crippen LogP contribution in [0.5, 0.6) is 11.5 Å². The van der Waals surface area contributed by atoms with Crippen molar-refractivity contribution in [3.05, 3.63) is 28.1 Å². The van der Waals surface area contributed by atoms with Crippen molar-refractivity contribution in [3.8, 4) is 22.8 Å². The predicted molar refractivity (Wildman–Crippen MR) is 72.4 cm³/mol. The van der Waals surface area contributed by atoms with Crippen molar-refractivity contribution in [2.75, 3.05) is 14.2 Å². The number of rotatable bonds is 4. The Bertz CT molecular complexity index is 621. The van der Waals surface area contributed by atoms with Crippen LogP contribution in [0, 0.1) is 6.92 Å². The van der Waals surface area contributed by atoms with Gasteiger partial charge in [0, 0.05) is 5.56 Å². The number of aromatic carboxylic acids is 1. The highest BCUT2D eigenvalue weighted by atomic mass is 32.1. The van der Waals surface area contributed by atoms with E-state index in [-0.39, 0.29) is 4.88 Å². The van der Waals surface area contributed by atoms with E-state index < -0.39 is 5.97 Å². The van der Waals surface area contributed by atoms with Gasteiger partial charge in [-0.15, -0.1) is 11.3 Å². The summed E-state index contributed by atoms with van der Waals surface area (Å²) in [4.78, 5) is 15.7. The number of benzene rings is 1. The lowest BCUT2D eigenvalue weighted by molar-refractivity contribution is 0.0702. The zero-order chi connectivity index (χ0) is 14.0. The molecule has 0 aliphatic heterocycles. The number of carbonyl (C=O) groups is 1. The maximum absolute atomic E-state index is 11.3. The molecule has 0 fully saturated rings. The van der Waals surface area contributed by atoms with Gasteiger partial charge in [-0.1, -0.05) is 0 Å². The van der Waals surface area contributed by atoms with E-state index in [4.69, 9.17) is 9.47 Å². The van der Waals surface area contributed by atoms with Crippen LogP contribution in [0.3, 0.4) is 0 Å². The van der Waals surface area contributed by atoms with Crippen molar-refractivity contribution in [1.82, 2.24) is 4.98 Å². The summed E-state index contributed by atoms with van der Waals surface area (Å²) in [7, 11) is 3.08. The second-order valence-corrected chi connectivity index (χ2v) is 4.99. The fourth-order valence-corrected chi connectivity index (χ4v) is 2.53. The van der Waals surface area contributed by atoms with Gasteiger partial charge in [-0.2, -0.15) is 0 Å². The number of aryl methyl sites for hydroxylation is 1. The Morgan fingerprint density at radius 1 is 1.32 bits per heavy atom. The minimum Gasteiger partial charge on any atom is -0.497 e. The molecule has 0 saturated heterocycles. The van der Waals surface area contributed by atoms with E-state index in [0.717, 1.165) is 11.3 Å². The molecule has 0 saturated carbocycles. The highest BCUT2D eigenvalue weighted by molar-refractivity contribution is 7.14. The monoisotopic (exact) mass is 279 g/mol. The molecule has 1 heterocycles. The number of hydrogen-bond acceptors (Lipinski definition) is 5. The summed E-state index contributed by atoms with van der Waals surface area (Å²) in [6.07, 6.45) is 0. The number of carboxylic acid groups (broad SMARTS) is 1. The summed E-state index contributed by atoms with van der Waals surface area (Å²) in [5, 5.41) is 9.92. The Morgan fingerprint density at radius 3 is 2.63 bits per heavy atom. The van der Waals surface area contributed by atoms with E-state index in [1.807, 2.05) is 0 Å². The predicted octanol–water partition coefficient (Wildman–Crippen LogP) is 2.83. The van der Waals surface area contributed by atoms with Crippen LogP contribution in [-0.2, 0) is 0 Å². The Morgan fingerprint density at radius 2 is 2.05 bits per heavy atom. The third-order valence-corrected chi connectivity index (χ3v) is 3.55. The topological polar surface area (TPSA) is 68.7 Å². The van der Waals surface area contributed by atoms with Gasteiger partial charge in [0.15, 0.2) is 0 Å². The fraction of sp³-hybridized carbons (Fsp3) is 0.231. The molecule has 19 heavy (non-hydrogen) atoms. The molecule has 0 radical (unpaired) electrons. The lowest BCUT2D eigenvalue weighted by atomic mass is 10.1. The minimum absolute atomic E-state index is 0.198. The summed E-state index contributed by atoms with van der Waals surface area (Å²) in [5.74, 6) is 0.192. The Labute approximate surface area is 114 Å². The van der Waals surface area contributed by atoms with E-state index >= 15 is 0 Å². The first kappa shape index (κ1) is 13.4. The van der Waals surface area contributed by atoms with Crippen LogP contribution in [0.2, 0.25) is 0 Å². The normalized spacial score (nSPS) is 10.3. The zero-order valence-corrected chi connectivity index (χ0v) is 11.6. The average molecular weight is 279 g/mol. The first-order chi connectivity index (χ1) is 9.06. The van der Waals surface area contributed by atoms with Gasteiger partial charge in [-0.25, -0.2) is 9.78 Å². The van der Waals surface area contributed by atoms with E-state index in [1.54, 1.807) is 32.2 Å². The molecule has 0 spiro atoms. The van der Waals surface area contributed by atoms with Crippen LogP contribution in [0.15, 0.2) is 18.2 Å². The van der Waals surface area contributed by atoms with Gasteiger partial charge >= 0.3 is 5.97 Å². The molecule has 1 N–H and O–H groups in total. The molecule has 0 amide bonds. The number of nitrogens with zero attached hydrogens (tertiary/aromatic N) is 1. The Balaban J connectivity index is 2.66. The van der Waals surface area contributed by atoms with E-state index in [2.05, 4.69) is 4.98 Å². The number of ether oxygens (including phenoxy) is 2. The second-order valence-electron chi connectivity index (χ2n) is 3.78. The van der Waals surface area contributed by atoms with Gasteiger partial charge in [-0.3, -0.25) is 0 Å². The molecule has 0 atom stereocenters. The van der Waals surface area contributed by atoms with Crippen molar-refractivity contribution in [2.45, 2.75) is 6.92 Å². The SMILES string of the molecule is COc1ccc(OC)c(-c2nc(C)sc2C(=O)O)c1. The molecule has 0 bridgehead atoms. The highest BCUT2D eigenvalue weighted by Crippen LogP contribution is 2.36. The molecule has 2 rings (SSSR count). The van der Waals surface area contributed by atoms with Gasteiger partial charge in [0.05, 0.1) is 24.9 Å². The molecular formula is C13H13NO4S. The third-order valence-electron chi connectivity index (χ3n) is 2.59. The number of hydrogen-bond donors (Lipinski definition) is 1. The average Bonchev–Trinajstić information content (AvgIpc) is 2.80. The lowest BCUT2D eigenvalue weighted by Gasteiger charge is -2.09. The molecule has 100 valence electrons. The number of thiazole rings is 1.